The van der Waals surface area contributed by atoms with Crippen LogP contribution >= 0.6 is 0 Å². The first kappa shape index (κ1) is 26.4. The number of aromatic nitrogens is 3. The number of para-hydroxylation sites is 3. The molecule has 6 aromatic carbocycles. The first-order chi connectivity index (χ1) is 23.1. The van der Waals surface area contributed by atoms with E-state index in [1.165, 1.54) is 32.4 Å². The van der Waals surface area contributed by atoms with Gasteiger partial charge in [0.1, 0.15) is 19.2 Å². The maximum atomic E-state index is 6.35. The van der Waals surface area contributed by atoms with E-state index in [-0.39, 0.29) is 0 Å². The van der Waals surface area contributed by atoms with Gasteiger partial charge in [-0.1, -0.05) is 122 Å². The van der Waals surface area contributed by atoms with E-state index >= 15 is 0 Å². The second kappa shape index (κ2) is 9.61. The van der Waals surface area contributed by atoms with Crippen molar-refractivity contribution in [3.05, 3.63) is 140 Å². The van der Waals surface area contributed by atoms with Gasteiger partial charge in [-0.15, -0.1) is 0 Å². The summed E-state index contributed by atoms with van der Waals surface area (Å²) >= 11 is 0. The molecular weight excluding hydrogens is 591 g/mol. The number of rotatable bonds is 3. The molecule has 0 spiro atoms. The van der Waals surface area contributed by atoms with Gasteiger partial charge in [-0.25, -0.2) is 9.97 Å². The highest BCUT2D eigenvalue weighted by Crippen LogP contribution is 2.42. The van der Waals surface area contributed by atoms with E-state index in [0.29, 0.717) is 0 Å². The Bertz CT molecular complexity index is 2720. The summed E-state index contributed by atoms with van der Waals surface area (Å²) in [6.07, 6.45) is 0. The Labute approximate surface area is 272 Å². The second-order valence-corrected chi connectivity index (χ2v) is 17.3. The molecule has 0 saturated heterocycles. The summed E-state index contributed by atoms with van der Waals surface area (Å²) in [7, 11) is -2.10. The minimum Gasteiger partial charge on any atom is -0.456 e. The van der Waals surface area contributed by atoms with Crippen molar-refractivity contribution in [1.29, 1.82) is 0 Å². The van der Waals surface area contributed by atoms with Crippen LogP contribution in [0.3, 0.4) is 0 Å². The highest BCUT2D eigenvalue weighted by molar-refractivity contribution is 7.03. The molecule has 0 fully saturated rings. The van der Waals surface area contributed by atoms with Crippen LogP contribution in [0.1, 0.15) is 0 Å². The standard InChI is InChI=1S/C42H29N3OSi/c1-47(2)38-23-13-9-19-30(38)39-40(43-41(44-42(39)47)26-14-4-3-5-15-26)29-18-7-11-21-34(29)45-33-20-10-6-16-27(33)31-25-37-32(24-35(31)45)28-17-8-12-22-36(28)46-37/h3-25H,1-2H3. The molecule has 0 saturated carbocycles. The predicted octanol–water partition coefficient (Wildman–Crippen LogP) is 9.61. The third kappa shape index (κ3) is 3.69. The number of fused-ring (bicyclic) bond motifs is 9. The van der Waals surface area contributed by atoms with E-state index in [4.69, 9.17) is 14.4 Å². The van der Waals surface area contributed by atoms with E-state index in [2.05, 4.69) is 139 Å². The molecule has 0 atom stereocenters. The normalized spacial score (nSPS) is 13.5. The lowest BCUT2D eigenvalue weighted by atomic mass is 9.99. The first-order valence-corrected chi connectivity index (χ1v) is 19.1. The van der Waals surface area contributed by atoms with Crippen molar-refractivity contribution in [2.45, 2.75) is 13.1 Å². The van der Waals surface area contributed by atoms with Crippen LogP contribution < -0.4 is 10.5 Å². The Morgan fingerprint density at radius 2 is 1.26 bits per heavy atom. The maximum Gasteiger partial charge on any atom is 0.159 e. The van der Waals surface area contributed by atoms with Crippen LogP contribution in [0.15, 0.2) is 144 Å². The molecular formula is C42H29N3OSi. The summed E-state index contributed by atoms with van der Waals surface area (Å²) in [5, 5.41) is 7.21. The minimum atomic E-state index is -2.10. The molecule has 0 unspecified atom stereocenters. The number of furan rings is 1. The third-order valence-corrected chi connectivity index (χ3v) is 13.3. The van der Waals surface area contributed by atoms with Crippen molar-refractivity contribution in [3.63, 3.8) is 0 Å². The van der Waals surface area contributed by atoms with Crippen LogP contribution in [0.2, 0.25) is 13.1 Å². The molecule has 5 heteroatoms. The maximum absolute atomic E-state index is 6.35. The van der Waals surface area contributed by atoms with E-state index in [1.807, 2.05) is 18.2 Å². The predicted molar refractivity (Wildman–Crippen MR) is 197 cm³/mol. The molecule has 4 nitrogen and oxygen atoms in total. The SMILES string of the molecule is C[Si]1(C)c2ccccc2-c2c(-c3ccccc3-n3c4ccccc4c4cc5oc6ccccc6c5cc43)nc(-c3ccccc3)nc21. The van der Waals surface area contributed by atoms with Gasteiger partial charge in [0.25, 0.3) is 0 Å². The summed E-state index contributed by atoms with van der Waals surface area (Å²) in [5.74, 6) is 0.774. The zero-order chi connectivity index (χ0) is 31.3. The fourth-order valence-electron chi connectivity index (χ4n) is 7.77. The van der Waals surface area contributed by atoms with E-state index in [9.17, 15) is 0 Å². The number of hydrogen-bond donors (Lipinski definition) is 0. The van der Waals surface area contributed by atoms with Crippen molar-refractivity contribution in [2.24, 2.45) is 0 Å². The van der Waals surface area contributed by atoms with Gasteiger partial charge in [-0.05, 0) is 41.1 Å². The molecule has 0 bridgehead atoms. The molecule has 1 aliphatic rings. The fraction of sp³-hybridized carbons (Fsp3) is 0.0476. The van der Waals surface area contributed by atoms with E-state index in [0.717, 1.165) is 61.3 Å². The van der Waals surface area contributed by atoms with Gasteiger partial charge in [-0.2, -0.15) is 0 Å². The molecule has 10 rings (SSSR count). The summed E-state index contributed by atoms with van der Waals surface area (Å²) in [6, 6.07) is 49.5. The molecule has 0 radical (unpaired) electrons. The smallest absolute Gasteiger partial charge is 0.159 e. The number of benzene rings is 6. The number of hydrogen-bond acceptors (Lipinski definition) is 3. The average Bonchev–Trinajstić information content (AvgIpc) is 3.72. The molecule has 0 N–H and O–H groups in total. The minimum absolute atomic E-state index is 0.774. The summed E-state index contributed by atoms with van der Waals surface area (Å²) < 4.78 is 8.77. The Kier molecular flexibility index (Phi) is 5.41. The lowest BCUT2D eigenvalue weighted by Crippen LogP contribution is -2.50. The number of nitrogens with zero attached hydrogens (tertiary/aromatic N) is 3. The van der Waals surface area contributed by atoms with E-state index in [1.54, 1.807) is 0 Å². The Morgan fingerprint density at radius 3 is 2.13 bits per heavy atom. The fourth-order valence-corrected chi connectivity index (χ4v) is 10.7. The zero-order valence-corrected chi connectivity index (χ0v) is 27.0. The van der Waals surface area contributed by atoms with Crippen molar-refractivity contribution in [2.75, 3.05) is 0 Å². The van der Waals surface area contributed by atoms with Gasteiger partial charge >= 0.3 is 0 Å². The molecule has 3 aromatic heterocycles. The van der Waals surface area contributed by atoms with Gasteiger partial charge in [0, 0.05) is 43.6 Å². The van der Waals surface area contributed by atoms with Crippen molar-refractivity contribution < 1.29 is 4.42 Å². The molecule has 47 heavy (non-hydrogen) atoms. The molecule has 4 heterocycles. The Hall–Kier alpha value is -5.78. The van der Waals surface area contributed by atoms with Gasteiger partial charge in [0.15, 0.2) is 5.82 Å². The lowest BCUT2D eigenvalue weighted by molar-refractivity contribution is 0.669. The van der Waals surface area contributed by atoms with Crippen LogP contribution in [0.5, 0.6) is 0 Å². The highest BCUT2D eigenvalue weighted by Gasteiger charge is 2.41. The summed E-state index contributed by atoms with van der Waals surface area (Å²) in [5.41, 5.74) is 10.7. The van der Waals surface area contributed by atoms with Crippen LogP contribution in [-0.4, -0.2) is 22.6 Å². The van der Waals surface area contributed by atoms with Crippen LogP contribution in [0, 0.1) is 0 Å². The molecule has 1 aliphatic heterocycles. The van der Waals surface area contributed by atoms with Crippen LogP contribution in [0.4, 0.5) is 0 Å². The summed E-state index contributed by atoms with van der Waals surface area (Å²) in [6.45, 7) is 4.84. The topological polar surface area (TPSA) is 43.9 Å². The van der Waals surface area contributed by atoms with Crippen LogP contribution in [0.25, 0.3) is 83.2 Å². The Morgan fingerprint density at radius 1 is 0.553 bits per heavy atom. The van der Waals surface area contributed by atoms with Crippen molar-refractivity contribution >= 4 is 62.3 Å². The molecule has 9 aromatic rings. The second-order valence-electron chi connectivity index (χ2n) is 13.0. The van der Waals surface area contributed by atoms with Gasteiger partial charge in [0.2, 0.25) is 0 Å². The van der Waals surface area contributed by atoms with Crippen LogP contribution in [-0.2, 0) is 0 Å². The van der Waals surface area contributed by atoms with E-state index < -0.39 is 8.07 Å². The van der Waals surface area contributed by atoms with Gasteiger partial charge < -0.3 is 8.98 Å². The largest absolute Gasteiger partial charge is 0.456 e. The Balaban J connectivity index is 1.33. The molecule has 222 valence electrons. The average molecular weight is 620 g/mol. The molecule has 0 aliphatic carbocycles. The van der Waals surface area contributed by atoms with Gasteiger partial charge in [-0.3, -0.25) is 0 Å². The van der Waals surface area contributed by atoms with Crippen molar-refractivity contribution in [3.8, 4) is 39.5 Å². The monoisotopic (exact) mass is 619 g/mol. The van der Waals surface area contributed by atoms with Gasteiger partial charge in [0.05, 0.1) is 22.4 Å². The zero-order valence-electron chi connectivity index (χ0n) is 26.0. The quantitative estimate of drug-likeness (QED) is 0.185. The highest BCUT2D eigenvalue weighted by atomic mass is 28.3. The summed E-state index contributed by atoms with van der Waals surface area (Å²) in [4.78, 5) is 10.8. The van der Waals surface area contributed by atoms with Crippen molar-refractivity contribution in [1.82, 2.24) is 14.5 Å². The lowest BCUT2D eigenvalue weighted by Gasteiger charge is -2.20. The third-order valence-electron chi connectivity index (χ3n) is 9.97. The first-order valence-electron chi connectivity index (χ1n) is 16.1. The molecule has 0 amide bonds.